The van der Waals surface area contributed by atoms with Gasteiger partial charge in [0.1, 0.15) is 17.3 Å². The minimum Gasteiger partial charge on any atom is -0.383 e. The van der Waals surface area contributed by atoms with Gasteiger partial charge in [0.25, 0.3) is 11.5 Å². The van der Waals surface area contributed by atoms with Crippen LogP contribution in [-0.4, -0.2) is 73.1 Å². The second-order valence-electron chi connectivity index (χ2n) is 11.1. The third-order valence-corrected chi connectivity index (χ3v) is 7.94. The number of hydrogen-bond donors (Lipinski definition) is 3. The van der Waals surface area contributed by atoms with Crippen LogP contribution in [0.25, 0.3) is 0 Å². The normalized spacial score (nSPS) is 21.3. The molecule has 40 heavy (non-hydrogen) atoms. The van der Waals surface area contributed by atoms with Gasteiger partial charge in [-0.25, -0.2) is 9.37 Å². The summed E-state index contributed by atoms with van der Waals surface area (Å²) in [4.78, 5) is 57.9. The maximum Gasteiger partial charge on any atom is 0.311 e. The fourth-order valence-corrected chi connectivity index (χ4v) is 5.57. The van der Waals surface area contributed by atoms with Crippen LogP contribution >= 0.6 is 0 Å². The number of rotatable bonds is 9. The summed E-state index contributed by atoms with van der Waals surface area (Å²) in [6, 6.07) is 5.75. The van der Waals surface area contributed by atoms with E-state index in [0.29, 0.717) is 63.1 Å². The lowest BCUT2D eigenvalue weighted by Gasteiger charge is -2.42. The van der Waals surface area contributed by atoms with E-state index < -0.39 is 28.8 Å². The Morgan fingerprint density at radius 1 is 1.15 bits per heavy atom. The number of halogens is 1. The molecule has 1 aromatic carbocycles. The van der Waals surface area contributed by atoms with Crippen molar-refractivity contribution in [2.24, 2.45) is 5.41 Å². The quantitative estimate of drug-likeness (QED) is 0.308. The molecule has 0 saturated heterocycles. The van der Waals surface area contributed by atoms with Crippen LogP contribution in [-0.2, 0) is 33.0 Å². The molecular weight excluding hydrogens is 519 g/mol. The van der Waals surface area contributed by atoms with E-state index >= 15 is 0 Å². The van der Waals surface area contributed by atoms with Crippen molar-refractivity contribution in [2.75, 3.05) is 40.9 Å². The van der Waals surface area contributed by atoms with Gasteiger partial charge in [0, 0.05) is 58.9 Å². The zero-order valence-corrected chi connectivity index (χ0v) is 23.4. The van der Waals surface area contributed by atoms with Gasteiger partial charge < -0.3 is 25.6 Å². The van der Waals surface area contributed by atoms with E-state index in [4.69, 9.17) is 4.74 Å². The number of benzene rings is 1. The number of aryl methyl sites for hydroxylation is 1. The summed E-state index contributed by atoms with van der Waals surface area (Å²) in [5, 5.41) is 9.05. The molecule has 11 nitrogen and oxygen atoms in total. The predicted molar refractivity (Wildman–Crippen MR) is 145 cm³/mol. The molecule has 0 atom stereocenters. The SMILES string of the molecule is COCCNCC12CCC(NC(=O)C(=O)N(C)C)(CC1)c1nc(C(=O)NCc3ccc(F)c(C)c3)cc(=O)n1C2. The first-order chi connectivity index (χ1) is 19.0. The summed E-state index contributed by atoms with van der Waals surface area (Å²) in [6.07, 6.45) is 2.27. The number of aromatic nitrogens is 2. The Morgan fingerprint density at radius 2 is 1.88 bits per heavy atom. The Bertz CT molecular complexity index is 1350. The fourth-order valence-electron chi connectivity index (χ4n) is 5.57. The van der Waals surface area contributed by atoms with Crippen LogP contribution in [0.5, 0.6) is 0 Å². The molecule has 1 saturated carbocycles. The lowest BCUT2D eigenvalue weighted by Crippen LogP contribution is -2.54. The van der Waals surface area contributed by atoms with Crippen molar-refractivity contribution in [3.8, 4) is 0 Å². The summed E-state index contributed by atoms with van der Waals surface area (Å²) in [6.45, 7) is 3.97. The molecule has 1 fully saturated rings. The Labute approximate surface area is 232 Å². The summed E-state index contributed by atoms with van der Waals surface area (Å²) >= 11 is 0. The number of amides is 3. The van der Waals surface area contributed by atoms with Crippen molar-refractivity contribution in [3.63, 3.8) is 0 Å². The van der Waals surface area contributed by atoms with Crippen LogP contribution in [0.1, 0.15) is 53.1 Å². The van der Waals surface area contributed by atoms with Crippen molar-refractivity contribution in [1.29, 1.82) is 0 Å². The topological polar surface area (TPSA) is 135 Å². The molecule has 1 aliphatic carbocycles. The number of carbonyl (C=O) groups excluding carboxylic acids is 3. The number of methoxy groups -OCH3 is 1. The van der Waals surface area contributed by atoms with E-state index in [9.17, 15) is 23.6 Å². The van der Waals surface area contributed by atoms with Gasteiger partial charge in [0.2, 0.25) is 0 Å². The highest BCUT2D eigenvalue weighted by Crippen LogP contribution is 2.49. The molecule has 2 bridgehead atoms. The monoisotopic (exact) mass is 556 g/mol. The van der Waals surface area contributed by atoms with Gasteiger partial charge in [-0.3, -0.25) is 23.7 Å². The maximum atomic E-state index is 13.6. The number of fused-ring (bicyclic) bond motifs is 2. The second-order valence-corrected chi connectivity index (χ2v) is 11.1. The Balaban J connectivity index is 1.67. The summed E-state index contributed by atoms with van der Waals surface area (Å²) in [7, 11) is 4.62. The maximum absolute atomic E-state index is 13.6. The lowest BCUT2D eigenvalue weighted by molar-refractivity contribution is -0.145. The van der Waals surface area contributed by atoms with E-state index in [2.05, 4.69) is 20.9 Å². The third kappa shape index (κ3) is 6.07. The summed E-state index contributed by atoms with van der Waals surface area (Å²) < 4.78 is 20.3. The average molecular weight is 557 g/mol. The molecule has 3 amide bonds. The van der Waals surface area contributed by atoms with Gasteiger partial charge in [0.15, 0.2) is 0 Å². The Kier molecular flexibility index (Phi) is 8.69. The lowest BCUT2D eigenvalue weighted by atomic mass is 9.68. The molecule has 0 radical (unpaired) electrons. The van der Waals surface area contributed by atoms with Crippen LogP contribution in [0.2, 0.25) is 0 Å². The van der Waals surface area contributed by atoms with E-state index in [0.717, 1.165) is 0 Å². The molecule has 2 aromatic rings. The van der Waals surface area contributed by atoms with E-state index in [-0.39, 0.29) is 29.3 Å². The number of hydrogen-bond acceptors (Lipinski definition) is 7. The Morgan fingerprint density at radius 3 is 2.52 bits per heavy atom. The zero-order chi connectivity index (χ0) is 29.1. The highest BCUT2D eigenvalue weighted by molar-refractivity contribution is 6.35. The van der Waals surface area contributed by atoms with E-state index in [1.165, 1.54) is 31.1 Å². The zero-order valence-electron chi connectivity index (χ0n) is 23.4. The smallest absolute Gasteiger partial charge is 0.311 e. The fraction of sp³-hybridized carbons (Fsp3) is 0.536. The molecule has 3 N–H and O–H groups in total. The first-order valence-corrected chi connectivity index (χ1v) is 13.4. The highest BCUT2D eigenvalue weighted by atomic mass is 19.1. The average Bonchev–Trinajstić information content (AvgIpc) is 3.15. The van der Waals surface area contributed by atoms with Crippen molar-refractivity contribution >= 4 is 17.7 Å². The number of nitrogens with one attached hydrogen (secondary N) is 3. The number of ether oxygens (including phenoxy) is 1. The van der Waals surface area contributed by atoms with Gasteiger partial charge in [-0.1, -0.05) is 12.1 Å². The molecule has 3 aliphatic rings. The number of carbonyl (C=O) groups is 3. The van der Waals surface area contributed by atoms with Crippen molar-refractivity contribution in [3.05, 3.63) is 63.1 Å². The van der Waals surface area contributed by atoms with E-state index in [1.54, 1.807) is 30.7 Å². The molecule has 0 unspecified atom stereocenters. The van der Waals surface area contributed by atoms with Gasteiger partial charge in [-0.15, -0.1) is 0 Å². The highest BCUT2D eigenvalue weighted by Gasteiger charge is 2.51. The minimum atomic E-state index is -1.08. The van der Waals surface area contributed by atoms with Crippen LogP contribution in [0, 0.1) is 18.2 Å². The molecule has 5 rings (SSSR count). The van der Waals surface area contributed by atoms with Gasteiger partial charge in [-0.2, -0.15) is 0 Å². The number of likely N-dealkylation sites (N-methyl/N-ethyl adjacent to an activating group) is 1. The van der Waals surface area contributed by atoms with Crippen LogP contribution < -0.4 is 21.5 Å². The molecule has 2 aliphatic heterocycles. The summed E-state index contributed by atoms with van der Waals surface area (Å²) in [5.41, 5.74) is -0.686. The molecule has 3 heterocycles. The first kappa shape index (κ1) is 29.3. The van der Waals surface area contributed by atoms with Crippen LogP contribution in [0.15, 0.2) is 29.1 Å². The van der Waals surface area contributed by atoms with Crippen molar-refractivity contribution < 1.29 is 23.5 Å². The van der Waals surface area contributed by atoms with Gasteiger partial charge >= 0.3 is 11.8 Å². The van der Waals surface area contributed by atoms with Gasteiger partial charge in [-0.05, 0) is 49.8 Å². The number of nitrogens with zero attached hydrogens (tertiary/aromatic N) is 3. The molecule has 12 heteroatoms. The van der Waals surface area contributed by atoms with Gasteiger partial charge in [0.05, 0.1) is 12.1 Å². The molecule has 0 spiro atoms. The molecule has 1 aromatic heterocycles. The standard InChI is InChI=1S/C28H37FN6O5/c1-18-13-19(5-6-20(18)29)15-31-23(37)21-14-22(36)35-17-27(16-30-11-12-40-4)7-9-28(10-8-27,26(35)32-21)33-24(38)25(39)34(2)3/h5-6,13-14,30H,7-12,15-17H2,1-4H3,(H,31,37)(H,33,38). The molecular formula is C28H37FN6O5. The van der Waals surface area contributed by atoms with Crippen molar-refractivity contribution in [1.82, 2.24) is 30.4 Å². The largest absolute Gasteiger partial charge is 0.383 e. The second kappa shape index (κ2) is 11.8. The Hall–Kier alpha value is -3.64. The van der Waals surface area contributed by atoms with Crippen LogP contribution in [0.3, 0.4) is 0 Å². The first-order valence-electron chi connectivity index (χ1n) is 13.4. The summed E-state index contributed by atoms with van der Waals surface area (Å²) in [5.74, 6) is -2.13. The van der Waals surface area contributed by atoms with E-state index in [1.807, 2.05) is 0 Å². The minimum absolute atomic E-state index is 0.0831. The van der Waals surface area contributed by atoms with Crippen molar-refractivity contribution in [2.45, 2.75) is 51.2 Å². The van der Waals surface area contributed by atoms with Crippen LogP contribution in [0.4, 0.5) is 4.39 Å². The third-order valence-electron chi connectivity index (χ3n) is 7.94. The predicted octanol–water partition coefficient (Wildman–Crippen LogP) is 0.831. The molecule has 216 valence electrons.